The quantitative estimate of drug-likeness (QED) is 0.626. The number of carbonyl (C=O) groups is 1. The molecule has 1 aromatic carbocycles. The van der Waals surface area contributed by atoms with Gasteiger partial charge in [0.2, 0.25) is 0 Å². The van der Waals surface area contributed by atoms with Crippen molar-refractivity contribution in [1.29, 1.82) is 0 Å². The van der Waals surface area contributed by atoms with Crippen LogP contribution >= 0.6 is 11.8 Å². The Morgan fingerprint density at radius 1 is 1.43 bits per heavy atom. The van der Waals surface area contributed by atoms with Gasteiger partial charge in [0, 0.05) is 43.4 Å². The highest BCUT2D eigenvalue weighted by Gasteiger charge is 2.26. The topological polar surface area (TPSA) is 56.1 Å². The van der Waals surface area contributed by atoms with E-state index in [9.17, 15) is 4.79 Å². The number of fused-ring (bicyclic) bond motifs is 1. The molecular weight excluding hydrogens is 310 g/mol. The Labute approximate surface area is 140 Å². The van der Waals surface area contributed by atoms with Crippen molar-refractivity contribution in [2.24, 2.45) is 0 Å². The minimum atomic E-state index is -0.382. The summed E-state index contributed by atoms with van der Waals surface area (Å²) in [5.41, 5.74) is 2.04. The molecule has 0 saturated carbocycles. The standard InChI is InChI=1S/C17H21N3O2S/c1-2-20-9-8-18-17(20)23-11-5-10-22-15-12-13-6-3-4-7-14(13)19-16(15)21/h3-4,6-9,15H,2,5,10-12H2,1H3,(H,19,21). The average molecular weight is 331 g/mol. The zero-order valence-corrected chi connectivity index (χ0v) is 14.0. The Morgan fingerprint density at radius 3 is 3.17 bits per heavy atom. The lowest BCUT2D eigenvalue weighted by atomic mass is 10.0. The van der Waals surface area contributed by atoms with Gasteiger partial charge < -0.3 is 14.6 Å². The summed E-state index contributed by atoms with van der Waals surface area (Å²) < 4.78 is 7.90. The molecule has 2 heterocycles. The van der Waals surface area contributed by atoms with Crippen LogP contribution in [0.5, 0.6) is 0 Å². The summed E-state index contributed by atoms with van der Waals surface area (Å²) in [6.07, 6.45) is 4.98. The van der Waals surface area contributed by atoms with E-state index in [-0.39, 0.29) is 12.0 Å². The van der Waals surface area contributed by atoms with E-state index < -0.39 is 0 Å². The molecule has 0 fully saturated rings. The molecule has 122 valence electrons. The van der Waals surface area contributed by atoms with Crippen molar-refractivity contribution in [3.8, 4) is 0 Å². The van der Waals surface area contributed by atoms with Crippen LogP contribution in [0.15, 0.2) is 41.8 Å². The Balaban J connectivity index is 1.42. The van der Waals surface area contributed by atoms with E-state index >= 15 is 0 Å². The fraction of sp³-hybridized carbons (Fsp3) is 0.412. The number of thioether (sulfide) groups is 1. The largest absolute Gasteiger partial charge is 0.368 e. The first-order valence-corrected chi connectivity index (χ1v) is 8.91. The third kappa shape index (κ3) is 3.95. The lowest BCUT2D eigenvalue weighted by Crippen LogP contribution is -2.36. The molecule has 1 aliphatic heterocycles. The number of imidazole rings is 1. The van der Waals surface area contributed by atoms with Crippen LogP contribution in [-0.4, -0.2) is 33.9 Å². The Kier molecular flexibility index (Phi) is 5.35. The van der Waals surface area contributed by atoms with Crippen molar-refractivity contribution in [2.45, 2.75) is 37.6 Å². The average Bonchev–Trinajstić information content (AvgIpc) is 3.02. The first-order chi connectivity index (χ1) is 11.3. The summed E-state index contributed by atoms with van der Waals surface area (Å²) in [7, 11) is 0. The van der Waals surface area contributed by atoms with Crippen molar-refractivity contribution in [2.75, 3.05) is 17.7 Å². The second kappa shape index (κ2) is 7.66. The summed E-state index contributed by atoms with van der Waals surface area (Å²) in [4.78, 5) is 16.4. The summed E-state index contributed by atoms with van der Waals surface area (Å²) >= 11 is 1.73. The van der Waals surface area contributed by atoms with Gasteiger partial charge in [-0.1, -0.05) is 30.0 Å². The first-order valence-electron chi connectivity index (χ1n) is 7.92. The summed E-state index contributed by atoms with van der Waals surface area (Å²) in [5, 5.41) is 3.94. The highest BCUT2D eigenvalue weighted by molar-refractivity contribution is 7.99. The number of aromatic nitrogens is 2. The Morgan fingerprint density at radius 2 is 2.30 bits per heavy atom. The van der Waals surface area contributed by atoms with Crippen LogP contribution in [0.3, 0.4) is 0 Å². The molecule has 5 nitrogen and oxygen atoms in total. The Hall–Kier alpha value is -1.79. The number of hydrogen-bond donors (Lipinski definition) is 1. The summed E-state index contributed by atoms with van der Waals surface area (Å²) in [6.45, 7) is 3.62. The van der Waals surface area contributed by atoms with Crippen molar-refractivity contribution in [3.05, 3.63) is 42.2 Å². The van der Waals surface area contributed by atoms with Crippen molar-refractivity contribution < 1.29 is 9.53 Å². The van der Waals surface area contributed by atoms with Crippen LogP contribution < -0.4 is 5.32 Å². The van der Waals surface area contributed by atoms with Gasteiger partial charge in [-0.25, -0.2) is 4.98 Å². The highest BCUT2D eigenvalue weighted by Crippen LogP contribution is 2.23. The van der Waals surface area contributed by atoms with E-state index in [1.165, 1.54) is 0 Å². The maximum atomic E-state index is 12.0. The van der Waals surface area contributed by atoms with E-state index in [1.807, 2.05) is 36.7 Å². The second-order valence-electron chi connectivity index (χ2n) is 5.41. The predicted molar refractivity (Wildman–Crippen MR) is 91.8 cm³/mol. The molecule has 23 heavy (non-hydrogen) atoms. The molecule has 1 aliphatic rings. The van der Waals surface area contributed by atoms with Crippen LogP contribution in [0.2, 0.25) is 0 Å². The molecule has 1 atom stereocenters. The number of nitrogens with one attached hydrogen (secondary N) is 1. The van der Waals surface area contributed by atoms with Gasteiger partial charge >= 0.3 is 0 Å². The van der Waals surface area contributed by atoms with Gasteiger partial charge in [-0.3, -0.25) is 4.79 Å². The predicted octanol–water partition coefficient (Wildman–Crippen LogP) is 2.97. The van der Waals surface area contributed by atoms with Crippen LogP contribution in [-0.2, 0) is 22.5 Å². The zero-order chi connectivity index (χ0) is 16.1. The lowest BCUT2D eigenvalue weighted by molar-refractivity contribution is -0.127. The number of para-hydroxylation sites is 1. The van der Waals surface area contributed by atoms with E-state index in [0.29, 0.717) is 13.0 Å². The van der Waals surface area contributed by atoms with Gasteiger partial charge in [-0.15, -0.1) is 0 Å². The number of hydrogen-bond acceptors (Lipinski definition) is 4. The first kappa shape index (κ1) is 16.1. The van der Waals surface area contributed by atoms with Gasteiger partial charge in [0.15, 0.2) is 5.16 Å². The maximum Gasteiger partial charge on any atom is 0.253 e. The van der Waals surface area contributed by atoms with E-state index in [0.717, 1.165) is 35.1 Å². The van der Waals surface area contributed by atoms with Gasteiger partial charge in [0.25, 0.3) is 5.91 Å². The molecule has 1 aromatic heterocycles. The van der Waals surface area contributed by atoms with Crippen molar-refractivity contribution >= 4 is 23.4 Å². The molecular formula is C17H21N3O2S. The second-order valence-corrected chi connectivity index (χ2v) is 6.47. The third-order valence-electron chi connectivity index (χ3n) is 3.83. The Bertz CT molecular complexity index is 671. The molecule has 0 aliphatic carbocycles. The van der Waals surface area contributed by atoms with Gasteiger partial charge in [-0.2, -0.15) is 0 Å². The number of aryl methyl sites for hydroxylation is 1. The zero-order valence-electron chi connectivity index (χ0n) is 13.2. The fourth-order valence-electron chi connectivity index (χ4n) is 2.58. The molecule has 1 amide bonds. The molecule has 0 bridgehead atoms. The third-order valence-corrected chi connectivity index (χ3v) is 4.92. The molecule has 6 heteroatoms. The van der Waals surface area contributed by atoms with Gasteiger partial charge in [0.1, 0.15) is 6.10 Å². The fourth-order valence-corrected chi connectivity index (χ4v) is 3.52. The summed E-state index contributed by atoms with van der Waals surface area (Å²) in [6, 6.07) is 7.87. The van der Waals surface area contributed by atoms with Crippen LogP contribution in [0.1, 0.15) is 18.9 Å². The normalized spacial score (nSPS) is 16.9. The van der Waals surface area contributed by atoms with Gasteiger partial charge in [-0.05, 0) is 25.0 Å². The number of anilines is 1. The lowest BCUT2D eigenvalue weighted by Gasteiger charge is -2.24. The number of nitrogens with zero attached hydrogens (tertiary/aromatic N) is 2. The van der Waals surface area contributed by atoms with E-state index in [1.54, 1.807) is 11.8 Å². The minimum absolute atomic E-state index is 0.0436. The molecule has 0 spiro atoms. The number of amides is 1. The van der Waals surface area contributed by atoms with Crippen molar-refractivity contribution in [3.63, 3.8) is 0 Å². The van der Waals surface area contributed by atoms with E-state index in [2.05, 4.69) is 21.8 Å². The minimum Gasteiger partial charge on any atom is -0.368 e. The number of ether oxygens (including phenoxy) is 1. The van der Waals surface area contributed by atoms with E-state index in [4.69, 9.17) is 4.74 Å². The molecule has 1 N–H and O–H groups in total. The smallest absolute Gasteiger partial charge is 0.253 e. The maximum absolute atomic E-state index is 12.0. The van der Waals surface area contributed by atoms with Gasteiger partial charge in [0.05, 0.1) is 0 Å². The monoisotopic (exact) mass is 331 g/mol. The highest BCUT2D eigenvalue weighted by atomic mass is 32.2. The number of carbonyl (C=O) groups excluding carboxylic acids is 1. The SMILES string of the molecule is CCn1ccnc1SCCCOC1Cc2ccccc2NC1=O. The summed E-state index contributed by atoms with van der Waals surface area (Å²) in [5.74, 6) is 0.889. The molecule has 3 rings (SSSR count). The van der Waals surface area contributed by atoms with Crippen molar-refractivity contribution in [1.82, 2.24) is 9.55 Å². The van der Waals surface area contributed by atoms with Crippen LogP contribution in [0.25, 0.3) is 0 Å². The number of benzene rings is 1. The molecule has 0 radical (unpaired) electrons. The molecule has 0 saturated heterocycles. The molecule has 1 unspecified atom stereocenters. The van der Waals surface area contributed by atoms with Crippen LogP contribution in [0, 0.1) is 0 Å². The molecule has 2 aromatic rings. The van der Waals surface area contributed by atoms with Crippen LogP contribution in [0.4, 0.5) is 5.69 Å². The number of rotatable bonds is 7.